The molecule has 0 spiro atoms. The quantitative estimate of drug-likeness (QED) is 0.738. The molecule has 0 aromatic heterocycles. The molecule has 1 saturated carbocycles. The Morgan fingerprint density at radius 2 is 2.15 bits per heavy atom. The molecule has 1 saturated heterocycles. The summed E-state index contributed by atoms with van der Waals surface area (Å²) in [5, 5.41) is 5.57. The normalized spacial score (nSPS) is 28.8. The highest BCUT2D eigenvalue weighted by Crippen LogP contribution is 2.37. The number of hydrogen-bond acceptors (Lipinski definition) is 3. The third kappa shape index (κ3) is 3.29. The number of piperazine rings is 1. The third-order valence-corrected chi connectivity index (χ3v) is 4.12. The molecule has 1 heterocycles. The van der Waals surface area contributed by atoms with E-state index in [0.717, 1.165) is 6.42 Å². The first-order valence-corrected chi connectivity index (χ1v) is 7.39. The van der Waals surface area contributed by atoms with Crippen LogP contribution in [0.5, 0.6) is 0 Å². The molecule has 2 rings (SSSR count). The summed E-state index contributed by atoms with van der Waals surface area (Å²) in [6, 6.07) is -0.365. The largest absolute Gasteiger partial charge is 0.355 e. The third-order valence-electron chi connectivity index (χ3n) is 4.12. The number of nitrogens with one attached hydrogen (secondary N) is 2. The van der Waals surface area contributed by atoms with Crippen LogP contribution in [0.15, 0.2) is 0 Å². The van der Waals surface area contributed by atoms with Crippen molar-refractivity contribution < 1.29 is 14.4 Å². The molecule has 0 bridgehead atoms. The van der Waals surface area contributed by atoms with Crippen molar-refractivity contribution in [1.82, 2.24) is 15.5 Å². The van der Waals surface area contributed by atoms with Gasteiger partial charge in [-0.05, 0) is 18.8 Å². The van der Waals surface area contributed by atoms with E-state index in [1.807, 2.05) is 13.8 Å². The van der Waals surface area contributed by atoms with Gasteiger partial charge in [-0.15, -0.1) is 0 Å². The summed E-state index contributed by atoms with van der Waals surface area (Å²) < 4.78 is 0. The van der Waals surface area contributed by atoms with Crippen molar-refractivity contribution in [2.24, 2.45) is 11.8 Å². The molecule has 2 fully saturated rings. The van der Waals surface area contributed by atoms with Gasteiger partial charge in [0.25, 0.3) is 0 Å². The first-order chi connectivity index (χ1) is 9.54. The maximum atomic E-state index is 12.1. The van der Waals surface area contributed by atoms with Gasteiger partial charge < -0.3 is 15.5 Å². The fraction of sp³-hybridized carbons (Fsp3) is 0.786. The van der Waals surface area contributed by atoms with Gasteiger partial charge in [0.2, 0.25) is 17.7 Å². The fourth-order valence-corrected chi connectivity index (χ4v) is 2.67. The standard InChI is InChI=1S/C14H23N3O3/c1-3-11-14(20)16-6-7-17(11)12(18)4-5-15-13(19)10-8-9(10)2/h9-11H,3-8H2,1-2H3,(H,15,19)(H,16,20). The Labute approximate surface area is 119 Å². The topological polar surface area (TPSA) is 78.5 Å². The van der Waals surface area contributed by atoms with Gasteiger partial charge in [-0.2, -0.15) is 0 Å². The van der Waals surface area contributed by atoms with Gasteiger partial charge in [-0.3, -0.25) is 14.4 Å². The second kappa shape index (κ2) is 6.24. The van der Waals surface area contributed by atoms with E-state index in [2.05, 4.69) is 10.6 Å². The van der Waals surface area contributed by atoms with Crippen molar-refractivity contribution in [2.45, 2.75) is 39.2 Å². The lowest BCUT2D eigenvalue weighted by molar-refractivity contribution is -0.143. The van der Waals surface area contributed by atoms with Crippen LogP contribution in [-0.2, 0) is 14.4 Å². The van der Waals surface area contributed by atoms with E-state index < -0.39 is 0 Å². The molecule has 3 atom stereocenters. The van der Waals surface area contributed by atoms with Crippen molar-refractivity contribution in [2.75, 3.05) is 19.6 Å². The van der Waals surface area contributed by atoms with E-state index in [1.165, 1.54) is 0 Å². The highest BCUT2D eigenvalue weighted by molar-refractivity contribution is 5.89. The summed E-state index contributed by atoms with van der Waals surface area (Å²) in [6.45, 7) is 5.36. The van der Waals surface area contributed by atoms with Crippen LogP contribution in [0.3, 0.4) is 0 Å². The molecular weight excluding hydrogens is 258 g/mol. The van der Waals surface area contributed by atoms with E-state index in [0.29, 0.717) is 32.0 Å². The molecular formula is C14H23N3O3. The van der Waals surface area contributed by atoms with Gasteiger partial charge in [-0.1, -0.05) is 13.8 Å². The Hall–Kier alpha value is -1.59. The average Bonchev–Trinajstić information content (AvgIpc) is 3.15. The zero-order valence-corrected chi connectivity index (χ0v) is 12.1. The minimum atomic E-state index is -0.365. The van der Waals surface area contributed by atoms with Gasteiger partial charge in [0.05, 0.1) is 0 Å². The van der Waals surface area contributed by atoms with Gasteiger partial charge in [0, 0.05) is 32.0 Å². The van der Waals surface area contributed by atoms with Crippen LogP contribution >= 0.6 is 0 Å². The van der Waals surface area contributed by atoms with Crippen LogP contribution in [0, 0.1) is 11.8 Å². The highest BCUT2D eigenvalue weighted by atomic mass is 16.2. The minimum Gasteiger partial charge on any atom is -0.355 e. The molecule has 0 aromatic carbocycles. The maximum absolute atomic E-state index is 12.1. The highest BCUT2D eigenvalue weighted by Gasteiger charge is 2.39. The van der Waals surface area contributed by atoms with Crippen LogP contribution in [0.1, 0.15) is 33.1 Å². The summed E-state index contributed by atoms with van der Waals surface area (Å²) >= 11 is 0. The lowest BCUT2D eigenvalue weighted by Crippen LogP contribution is -2.57. The summed E-state index contributed by atoms with van der Waals surface area (Å²) in [6.07, 6.45) is 1.82. The summed E-state index contributed by atoms with van der Waals surface area (Å²) in [5.74, 6) is 0.516. The smallest absolute Gasteiger partial charge is 0.242 e. The molecule has 3 unspecified atom stereocenters. The average molecular weight is 281 g/mol. The van der Waals surface area contributed by atoms with E-state index in [1.54, 1.807) is 4.90 Å². The molecule has 1 aliphatic heterocycles. The van der Waals surface area contributed by atoms with Crippen molar-refractivity contribution >= 4 is 17.7 Å². The van der Waals surface area contributed by atoms with E-state index in [9.17, 15) is 14.4 Å². The first kappa shape index (κ1) is 14.8. The van der Waals surface area contributed by atoms with Crippen LogP contribution < -0.4 is 10.6 Å². The number of rotatable bonds is 5. The van der Waals surface area contributed by atoms with Gasteiger partial charge in [-0.25, -0.2) is 0 Å². The Kier molecular flexibility index (Phi) is 4.62. The molecule has 20 heavy (non-hydrogen) atoms. The summed E-state index contributed by atoms with van der Waals surface area (Å²) in [7, 11) is 0. The second-order valence-electron chi connectivity index (χ2n) is 5.66. The summed E-state index contributed by atoms with van der Waals surface area (Å²) in [4.78, 5) is 37.1. The van der Waals surface area contributed by atoms with Gasteiger partial charge >= 0.3 is 0 Å². The Morgan fingerprint density at radius 3 is 2.75 bits per heavy atom. The molecule has 2 aliphatic rings. The molecule has 0 aromatic rings. The zero-order chi connectivity index (χ0) is 14.7. The summed E-state index contributed by atoms with van der Waals surface area (Å²) in [5.41, 5.74) is 0. The second-order valence-corrected chi connectivity index (χ2v) is 5.66. The number of carbonyl (C=O) groups is 3. The van der Waals surface area contributed by atoms with Crippen LogP contribution in [0.25, 0.3) is 0 Å². The van der Waals surface area contributed by atoms with Crippen LogP contribution in [0.2, 0.25) is 0 Å². The molecule has 6 heteroatoms. The van der Waals surface area contributed by atoms with Crippen LogP contribution in [-0.4, -0.2) is 48.3 Å². The van der Waals surface area contributed by atoms with Gasteiger partial charge in [0.15, 0.2) is 0 Å². The predicted molar refractivity (Wildman–Crippen MR) is 73.7 cm³/mol. The van der Waals surface area contributed by atoms with Crippen molar-refractivity contribution in [1.29, 1.82) is 0 Å². The molecule has 6 nitrogen and oxygen atoms in total. The number of nitrogens with zero attached hydrogens (tertiary/aromatic N) is 1. The zero-order valence-electron chi connectivity index (χ0n) is 12.1. The number of hydrogen-bond donors (Lipinski definition) is 2. The SMILES string of the molecule is CCC1C(=O)NCCN1C(=O)CCNC(=O)C1CC1C. The molecule has 112 valence electrons. The Bertz CT molecular complexity index is 410. The molecule has 0 radical (unpaired) electrons. The molecule has 2 N–H and O–H groups in total. The molecule has 1 aliphatic carbocycles. The van der Waals surface area contributed by atoms with Gasteiger partial charge in [0.1, 0.15) is 6.04 Å². The Balaban J connectivity index is 1.76. The number of amides is 3. The lowest BCUT2D eigenvalue weighted by atomic mass is 10.1. The predicted octanol–water partition coefficient (Wildman–Crippen LogP) is -0.114. The van der Waals surface area contributed by atoms with E-state index >= 15 is 0 Å². The lowest BCUT2D eigenvalue weighted by Gasteiger charge is -2.34. The minimum absolute atomic E-state index is 0.0497. The van der Waals surface area contributed by atoms with Crippen molar-refractivity contribution in [3.63, 3.8) is 0 Å². The monoisotopic (exact) mass is 281 g/mol. The number of carbonyl (C=O) groups excluding carboxylic acids is 3. The van der Waals surface area contributed by atoms with Crippen LogP contribution in [0.4, 0.5) is 0 Å². The van der Waals surface area contributed by atoms with E-state index in [4.69, 9.17) is 0 Å². The van der Waals surface area contributed by atoms with Crippen molar-refractivity contribution in [3.8, 4) is 0 Å². The van der Waals surface area contributed by atoms with Crippen molar-refractivity contribution in [3.05, 3.63) is 0 Å². The fourth-order valence-electron chi connectivity index (χ4n) is 2.67. The molecule has 3 amide bonds. The van der Waals surface area contributed by atoms with E-state index in [-0.39, 0.29) is 36.1 Å². The Morgan fingerprint density at radius 1 is 1.45 bits per heavy atom. The maximum Gasteiger partial charge on any atom is 0.242 e. The first-order valence-electron chi connectivity index (χ1n) is 7.39.